The standard InChI is InChI=1S/C20H23NO2/c1-4-11-23-18-8-6-5-7-15(18)17-12-19(22)21-20-14(3)13(2)9-10-16(17)20/h5-10,17H,4,11-12H2,1-3H3,(H,21,22)/t17-/m0/s1. The van der Waals surface area contributed by atoms with Crippen molar-refractivity contribution in [3.8, 4) is 5.75 Å². The van der Waals surface area contributed by atoms with Crippen LogP contribution in [0.1, 0.15) is 47.9 Å². The van der Waals surface area contributed by atoms with Crippen LogP contribution in [0.25, 0.3) is 0 Å². The van der Waals surface area contributed by atoms with E-state index in [0.717, 1.165) is 29.0 Å². The molecule has 0 aliphatic carbocycles. The van der Waals surface area contributed by atoms with Gasteiger partial charge in [0.15, 0.2) is 0 Å². The molecule has 0 fully saturated rings. The van der Waals surface area contributed by atoms with Crippen LogP contribution in [-0.2, 0) is 4.79 Å². The van der Waals surface area contributed by atoms with Gasteiger partial charge in [-0.25, -0.2) is 0 Å². The van der Waals surface area contributed by atoms with Crippen molar-refractivity contribution in [1.29, 1.82) is 0 Å². The molecule has 3 nitrogen and oxygen atoms in total. The molecule has 1 aliphatic heterocycles. The van der Waals surface area contributed by atoms with Crippen LogP contribution in [0.4, 0.5) is 5.69 Å². The number of anilines is 1. The van der Waals surface area contributed by atoms with Crippen LogP contribution in [0, 0.1) is 13.8 Å². The number of aryl methyl sites for hydroxylation is 1. The highest BCUT2D eigenvalue weighted by Gasteiger charge is 2.29. The minimum Gasteiger partial charge on any atom is -0.493 e. The molecule has 1 aliphatic rings. The molecule has 2 aromatic rings. The molecule has 1 amide bonds. The fourth-order valence-electron chi connectivity index (χ4n) is 3.17. The second-order valence-electron chi connectivity index (χ2n) is 6.16. The molecule has 3 heteroatoms. The van der Waals surface area contributed by atoms with Crippen LogP contribution < -0.4 is 10.1 Å². The van der Waals surface area contributed by atoms with Crippen LogP contribution in [0.15, 0.2) is 36.4 Å². The van der Waals surface area contributed by atoms with Crippen molar-refractivity contribution in [2.45, 2.75) is 39.5 Å². The first kappa shape index (κ1) is 15.6. The van der Waals surface area contributed by atoms with Crippen molar-refractivity contribution >= 4 is 11.6 Å². The quantitative estimate of drug-likeness (QED) is 0.898. The summed E-state index contributed by atoms with van der Waals surface area (Å²) in [6.07, 6.45) is 1.43. The van der Waals surface area contributed by atoms with E-state index in [1.165, 1.54) is 11.1 Å². The number of benzene rings is 2. The van der Waals surface area contributed by atoms with Gasteiger partial charge in [0.2, 0.25) is 5.91 Å². The molecule has 1 heterocycles. The van der Waals surface area contributed by atoms with Gasteiger partial charge in [0.1, 0.15) is 5.75 Å². The molecule has 1 N–H and O–H groups in total. The SMILES string of the molecule is CCCOc1ccccc1[C@@H]1CC(=O)Nc2c1ccc(C)c2C. The summed E-state index contributed by atoms with van der Waals surface area (Å²) in [5.74, 6) is 1.01. The number of ether oxygens (including phenoxy) is 1. The second-order valence-corrected chi connectivity index (χ2v) is 6.16. The van der Waals surface area contributed by atoms with E-state index in [4.69, 9.17) is 4.74 Å². The predicted molar refractivity (Wildman–Crippen MR) is 93.2 cm³/mol. The Balaban J connectivity index is 2.09. The lowest BCUT2D eigenvalue weighted by molar-refractivity contribution is -0.116. The molecule has 0 saturated carbocycles. The fraction of sp³-hybridized carbons (Fsp3) is 0.350. The normalized spacial score (nSPS) is 16.7. The van der Waals surface area contributed by atoms with Crippen LogP contribution >= 0.6 is 0 Å². The third-order valence-electron chi connectivity index (χ3n) is 4.55. The van der Waals surface area contributed by atoms with E-state index in [-0.39, 0.29) is 11.8 Å². The summed E-state index contributed by atoms with van der Waals surface area (Å²) in [4.78, 5) is 12.2. The Morgan fingerprint density at radius 1 is 1.13 bits per heavy atom. The van der Waals surface area contributed by atoms with Gasteiger partial charge in [0.05, 0.1) is 6.61 Å². The number of hydrogen-bond acceptors (Lipinski definition) is 2. The van der Waals surface area contributed by atoms with E-state index < -0.39 is 0 Å². The summed E-state index contributed by atoms with van der Waals surface area (Å²) in [5.41, 5.74) is 5.59. The van der Waals surface area contributed by atoms with Gasteiger partial charge in [-0.05, 0) is 43.0 Å². The van der Waals surface area contributed by atoms with Crippen molar-refractivity contribution in [2.75, 3.05) is 11.9 Å². The van der Waals surface area contributed by atoms with Crippen LogP contribution in [0.5, 0.6) is 5.75 Å². The van der Waals surface area contributed by atoms with Crippen molar-refractivity contribution < 1.29 is 9.53 Å². The number of amides is 1. The lowest BCUT2D eigenvalue weighted by Crippen LogP contribution is -2.25. The number of nitrogens with one attached hydrogen (secondary N) is 1. The largest absolute Gasteiger partial charge is 0.493 e. The summed E-state index contributed by atoms with van der Waals surface area (Å²) in [7, 11) is 0. The second kappa shape index (κ2) is 6.45. The van der Waals surface area contributed by atoms with E-state index in [0.29, 0.717) is 13.0 Å². The Kier molecular flexibility index (Phi) is 4.37. The Labute approximate surface area is 137 Å². The third-order valence-corrected chi connectivity index (χ3v) is 4.55. The molecule has 0 bridgehead atoms. The Bertz CT molecular complexity index is 736. The van der Waals surface area contributed by atoms with E-state index in [2.05, 4.69) is 44.3 Å². The predicted octanol–water partition coefficient (Wildman–Crippen LogP) is 4.57. The third kappa shape index (κ3) is 2.96. The van der Waals surface area contributed by atoms with Gasteiger partial charge in [-0.1, -0.05) is 37.3 Å². The molecule has 3 rings (SSSR count). The minimum atomic E-state index is 0.0473. The maximum Gasteiger partial charge on any atom is 0.225 e. The van der Waals surface area contributed by atoms with Gasteiger partial charge in [0, 0.05) is 23.6 Å². The van der Waals surface area contributed by atoms with Gasteiger partial charge >= 0.3 is 0 Å². The van der Waals surface area contributed by atoms with Crippen LogP contribution in [-0.4, -0.2) is 12.5 Å². The summed E-state index contributed by atoms with van der Waals surface area (Å²) in [6, 6.07) is 12.3. The topological polar surface area (TPSA) is 38.3 Å². The molecule has 0 saturated heterocycles. The maximum absolute atomic E-state index is 12.2. The lowest BCUT2D eigenvalue weighted by atomic mass is 9.82. The maximum atomic E-state index is 12.2. The summed E-state index contributed by atoms with van der Waals surface area (Å²) >= 11 is 0. The van der Waals surface area contributed by atoms with Crippen molar-refractivity contribution in [2.24, 2.45) is 0 Å². The molecule has 120 valence electrons. The van der Waals surface area contributed by atoms with Crippen LogP contribution in [0.3, 0.4) is 0 Å². The van der Waals surface area contributed by atoms with Crippen molar-refractivity contribution in [1.82, 2.24) is 0 Å². The zero-order valence-electron chi connectivity index (χ0n) is 14.0. The average Bonchev–Trinajstić information content (AvgIpc) is 2.56. The first-order valence-corrected chi connectivity index (χ1v) is 8.23. The van der Waals surface area contributed by atoms with E-state index in [1.54, 1.807) is 0 Å². The minimum absolute atomic E-state index is 0.0473. The Morgan fingerprint density at radius 3 is 2.70 bits per heavy atom. The van der Waals surface area contributed by atoms with Crippen molar-refractivity contribution in [3.05, 3.63) is 58.7 Å². The summed E-state index contributed by atoms with van der Waals surface area (Å²) < 4.78 is 5.91. The average molecular weight is 309 g/mol. The lowest BCUT2D eigenvalue weighted by Gasteiger charge is -2.29. The van der Waals surface area contributed by atoms with E-state index in [9.17, 15) is 4.79 Å². The fourth-order valence-corrected chi connectivity index (χ4v) is 3.17. The van der Waals surface area contributed by atoms with Gasteiger partial charge in [-0.3, -0.25) is 4.79 Å². The molecule has 0 spiro atoms. The van der Waals surface area contributed by atoms with E-state index >= 15 is 0 Å². The van der Waals surface area contributed by atoms with E-state index in [1.807, 2.05) is 18.2 Å². The van der Waals surface area contributed by atoms with Gasteiger partial charge in [-0.2, -0.15) is 0 Å². The molecular weight excluding hydrogens is 286 g/mol. The smallest absolute Gasteiger partial charge is 0.225 e. The Hall–Kier alpha value is -2.29. The number of fused-ring (bicyclic) bond motifs is 1. The first-order valence-electron chi connectivity index (χ1n) is 8.23. The highest BCUT2D eigenvalue weighted by Crippen LogP contribution is 2.42. The molecule has 0 radical (unpaired) electrons. The summed E-state index contributed by atoms with van der Waals surface area (Å²) in [5, 5.41) is 3.05. The zero-order chi connectivity index (χ0) is 16.4. The molecule has 0 aromatic heterocycles. The van der Waals surface area contributed by atoms with Gasteiger partial charge in [-0.15, -0.1) is 0 Å². The van der Waals surface area contributed by atoms with Crippen molar-refractivity contribution in [3.63, 3.8) is 0 Å². The highest BCUT2D eigenvalue weighted by atomic mass is 16.5. The monoisotopic (exact) mass is 309 g/mol. The molecule has 2 aromatic carbocycles. The number of para-hydroxylation sites is 1. The number of carbonyl (C=O) groups is 1. The molecule has 0 unspecified atom stereocenters. The summed E-state index contributed by atoms with van der Waals surface area (Å²) in [6.45, 7) is 6.92. The Morgan fingerprint density at radius 2 is 1.91 bits per heavy atom. The number of rotatable bonds is 4. The van der Waals surface area contributed by atoms with Gasteiger partial charge in [0.25, 0.3) is 0 Å². The van der Waals surface area contributed by atoms with Crippen LogP contribution in [0.2, 0.25) is 0 Å². The molecular formula is C20H23NO2. The molecule has 23 heavy (non-hydrogen) atoms. The number of carbonyl (C=O) groups excluding carboxylic acids is 1. The zero-order valence-corrected chi connectivity index (χ0v) is 14.0. The molecule has 1 atom stereocenters. The highest BCUT2D eigenvalue weighted by molar-refractivity contribution is 5.96. The van der Waals surface area contributed by atoms with Gasteiger partial charge < -0.3 is 10.1 Å². The first-order chi connectivity index (χ1) is 11.1. The number of hydrogen-bond donors (Lipinski definition) is 1.